The summed E-state index contributed by atoms with van der Waals surface area (Å²) in [6, 6.07) is 13.6. The number of fused-ring (bicyclic) bond motifs is 1. The van der Waals surface area contributed by atoms with Crippen LogP contribution in [0, 0.1) is 13.8 Å². The predicted molar refractivity (Wildman–Crippen MR) is 96.0 cm³/mol. The summed E-state index contributed by atoms with van der Waals surface area (Å²) < 4.78 is 3.29. The Morgan fingerprint density at radius 1 is 1.12 bits per heavy atom. The standard InChI is InChI=1S/C18H17N7O/c1-12-10-15(24(22-12)11-14-6-4-3-5-7-14)20-17(26)16-21-18-19-9-8-13(2)25(18)23-16/h3-10H,11H2,1-2H3,(H,20,26). The summed E-state index contributed by atoms with van der Waals surface area (Å²) in [6.45, 7) is 4.32. The molecule has 0 saturated heterocycles. The van der Waals surface area contributed by atoms with E-state index >= 15 is 0 Å². The molecule has 0 unspecified atom stereocenters. The first kappa shape index (κ1) is 15.9. The van der Waals surface area contributed by atoms with E-state index in [1.807, 2.05) is 56.3 Å². The van der Waals surface area contributed by atoms with Gasteiger partial charge in [-0.3, -0.25) is 4.79 Å². The number of carbonyl (C=O) groups excluding carboxylic acids is 1. The van der Waals surface area contributed by atoms with Crippen molar-refractivity contribution in [1.82, 2.24) is 29.4 Å². The van der Waals surface area contributed by atoms with Crippen molar-refractivity contribution in [2.24, 2.45) is 0 Å². The third kappa shape index (κ3) is 3.04. The average molecular weight is 347 g/mol. The Morgan fingerprint density at radius 3 is 2.69 bits per heavy atom. The molecule has 0 radical (unpaired) electrons. The van der Waals surface area contributed by atoms with E-state index in [-0.39, 0.29) is 5.82 Å². The molecule has 0 aliphatic rings. The van der Waals surface area contributed by atoms with Crippen LogP contribution in [0.1, 0.15) is 27.6 Å². The first-order valence-corrected chi connectivity index (χ1v) is 8.18. The second-order valence-corrected chi connectivity index (χ2v) is 6.00. The summed E-state index contributed by atoms with van der Waals surface area (Å²) in [5.74, 6) is 0.657. The largest absolute Gasteiger partial charge is 0.304 e. The highest BCUT2D eigenvalue weighted by Gasteiger charge is 2.17. The molecular formula is C18H17N7O. The van der Waals surface area contributed by atoms with E-state index in [0.29, 0.717) is 18.1 Å². The predicted octanol–water partition coefficient (Wildman–Crippen LogP) is 2.24. The third-order valence-corrected chi connectivity index (χ3v) is 3.95. The molecule has 130 valence electrons. The van der Waals surface area contributed by atoms with Gasteiger partial charge < -0.3 is 5.32 Å². The van der Waals surface area contributed by atoms with Crippen molar-refractivity contribution < 1.29 is 4.79 Å². The Labute approximate surface area is 149 Å². The number of nitrogens with zero attached hydrogens (tertiary/aromatic N) is 6. The van der Waals surface area contributed by atoms with E-state index in [1.165, 1.54) is 0 Å². The van der Waals surface area contributed by atoms with Crippen LogP contribution in [-0.2, 0) is 6.54 Å². The van der Waals surface area contributed by atoms with E-state index < -0.39 is 5.91 Å². The zero-order valence-corrected chi connectivity index (χ0v) is 14.4. The Balaban J connectivity index is 1.60. The number of rotatable bonds is 4. The van der Waals surface area contributed by atoms with Crippen molar-refractivity contribution in [3.8, 4) is 0 Å². The minimum atomic E-state index is -0.399. The van der Waals surface area contributed by atoms with Crippen molar-refractivity contribution >= 4 is 17.5 Å². The smallest absolute Gasteiger partial charge is 0.296 e. The molecule has 0 aliphatic heterocycles. The topological polar surface area (TPSA) is 90.0 Å². The van der Waals surface area contributed by atoms with Crippen LogP contribution in [0.3, 0.4) is 0 Å². The summed E-state index contributed by atoms with van der Waals surface area (Å²) in [5, 5.41) is 11.5. The number of nitrogens with one attached hydrogen (secondary N) is 1. The quantitative estimate of drug-likeness (QED) is 0.611. The Bertz CT molecular complexity index is 1080. The van der Waals surface area contributed by atoms with Crippen LogP contribution in [0.25, 0.3) is 5.78 Å². The molecule has 1 N–H and O–H groups in total. The molecule has 8 heteroatoms. The second-order valence-electron chi connectivity index (χ2n) is 6.00. The molecule has 0 aliphatic carbocycles. The van der Waals surface area contributed by atoms with E-state index in [4.69, 9.17) is 0 Å². The Morgan fingerprint density at radius 2 is 1.92 bits per heavy atom. The van der Waals surface area contributed by atoms with Gasteiger partial charge in [0.2, 0.25) is 5.82 Å². The van der Waals surface area contributed by atoms with Gasteiger partial charge in [-0.25, -0.2) is 14.2 Å². The fraction of sp³-hybridized carbons (Fsp3) is 0.167. The maximum absolute atomic E-state index is 12.6. The van der Waals surface area contributed by atoms with E-state index in [2.05, 4.69) is 25.5 Å². The number of benzene rings is 1. The fourth-order valence-electron chi connectivity index (χ4n) is 2.70. The molecule has 8 nitrogen and oxygen atoms in total. The van der Waals surface area contributed by atoms with Gasteiger partial charge in [0.05, 0.1) is 12.2 Å². The lowest BCUT2D eigenvalue weighted by Crippen LogP contribution is -2.17. The summed E-state index contributed by atoms with van der Waals surface area (Å²) in [5.41, 5.74) is 2.76. The van der Waals surface area contributed by atoms with Gasteiger partial charge in [0.15, 0.2) is 0 Å². The summed E-state index contributed by atoms with van der Waals surface area (Å²) >= 11 is 0. The number of hydrogen-bond donors (Lipinski definition) is 1. The van der Waals surface area contributed by atoms with E-state index in [1.54, 1.807) is 15.4 Å². The van der Waals surface area contributed by atoms with Crippen LogP contribution < -0.4 is 5.32 Å². The second kappa shape index (κ2) is 6.40. The van der Waals surface area contributed by atoms with Crippen LogP contribution in [0.15, 0.2) is 48.7 Å². The van der Waals surface area contributed by atoms with Gasteiger partial charge >= 0.3 is 0 Å². The number of anilines is 1. The minimum absolute atomic E-state index is 0.0666. The van der Waals surface area contributed by atoms with Crippen LogP contribution in [-0.4, -0.2) is 35.3 Å². The van der Waals surface area contributed by atoms with Gasteiger partial charge in [-0.2, -0.15) is 10.1 Å². The van der Waals surface area contributed by atoms with Gasteiger partial charge in [0.1, 0.15) is 5.82 Å². The van der Waals surface area contributed by atoms with Crippen LogP contribution in [0.5, 0.6) is 0 Å². The highest BCUT2D eigenvalue weighted by atomic mass is 16.2. The van der Waals surface area contributed by atoms with Crippen molar-refractivity contribution in [3.63, 3.8) is 0 Å². The van der Waals surface area contributed by atoms with Crippen molar-refractivity contribution in [1.29, 1.82) is 0 Å². The molecule has 1 aromatic carbocycles. The third-order valence-electron chi connectivity index (χ3n) is 3.95. The number of aromatic nitrogens is 6. The van der Waals surface area contributed by atoms with Gasteiger partial charge in [-0.1, -0.05) is 30.3 Å². The monoisotopic (exact) mass is 347 g/mol. The van der Waals surface area contributed by atoms with E-state index in [0.717, 1.165) is 17.0 Å². The first-order chi connectivity index (χ1) is 12.6. The molecular weight excluding hydrogens is 330 g/mol. The number of amides is 1. The lowest BCUT2D eigenvalue weighted by molar-refractivity contribution is 0.101. The van der Waals surface area contributed by atoms with Gasteiger partial charge in [-0.15, -0.1) is 5.10 Å². The molecule has 3 heterocycles. The van der Waals surface area contributed by atoms with Crippen LogP contribution in [0.2, 0.25) is 0 Å². The summed E-state index contributed by atoms with van der Waals surface area (Å²) in [4.78, 5) is 20.9. The fourth-order valence-corrected chi connectivity index (χ4v) is 2.70. The molecule has 0 saturated carbocycles. The SMILES string of the molecule is Cc1cc(NC(=O)c2nc3nccc(C)n3n2)n(Cc2ccccc2)n1. The van der Waals surface area contributed by atoms with E-state index in [9.17, 15) is 4.79 Å². The highest BCUT2D eigenvalue weighted by molar-refractivity contribution is 6.01. The molecule has 3 aromatic heterocycles. The Hall–Kier alpha value is -3.55. The minimum Gasteiger partial charge on any atom is -0.304 e. The maximum atomic E-state index is 12.6. The molecule has 0 bridgehead atoms. The van der Waals surface area contributed by atoms with Gasteiger partial charge in [0, 0.05) is 18.0 Å². The van der Waals surface area contributed by atoms with Crippen molar-refractivity contribution in [3.05, 3.63) is 71.4 Å². The molecule has 0 fully saturated rings. The highest BCUT2D eigenvalue weighted by Crippen LogP contribution is 2.14. The van der Waals surface area contributed by atoms with Crippen molar-refractivity contribution in [2.75, 3.05) is 5.32 Å². The van der Waals surface area contributed by atoms with Crippen LogP contribution in [0.4, 0.5) is 5.82 Å². The maximum Gasteiger partial charge on any atom is 0.296 e. The molecule has 0 spiro atoms. The zero-order valence-electron chi connectivity index (χ0n) is 14.4. The van der Waals surface area contributed by atoms with Crippen molar-refractivity contribution in [2.45, 2.75) is 20.4 Å². The zero-order chi connectivity index (χ0) is 18.1. The number of aryl methyl sites for hydroxylation is 2. The molecule has 0 atom stereocenters. The lowest BCUT2D eigenvalue weighted by Gasteiger charge is -2.07. The van der Waals surface area contributed by atoms with Gasteiger partial charge in [-0.05, 0) is 25.5 Å². The first-order valence-electron chi connectivity index (χ1n) is 8.18. The number of hydrogen-bond acceptors (Lipinski definition) is 5. The summed E-state index contributed by atoms with van der Waals surface area (Å²) in [6.07, 6.45) is 1.64. The molecule has 4 aromatic rings. The molecule has 26 heavy (non-hydrogen) atoms. The summed E-state index contributed by atoms with van der Waals surface area (Å²) in [7, 11) is 0. The molecule has 4 rings (SSSR count). The van der Waals surface area contributed by atoms with Gasteiger partial charge in [0.25, 0.3) is 11.7 Å². The normalized spacial score (nSPS) is 11.0. The average Bonchev–Trinajstić information content (AvgIpc) is 3.20. The Kier molecular flexibility index (Phi) is 3.92. The number of carbonyl (C=O) groups is 1. The molecule has 1 amide bonds. The lowest BCUT2D eigenvalue weighted by atomic mass is 10.2. The van der Waals surface area contributed by atoms with Crippen LogP contribution >= 0.6 is 0 Å².